The van der Waals surface area contributed by atoms with Gasteiger partial charge in [-0.1, -0.05) is 31.3 Å². The third-order valence-electron chi connectivity index (χ3n) is 3.94. The summed E-state index contributed by atoms with van der Waals surface area (Å²) in [6.07, 6.45) is 11.1. The number of carbonyl (C=O) groups is 1. The molecular formula is C18H22O3S. The predicted molar refractivity (Wildman–Crippen MR) is 91.2 cm³/mol. The smallest absolute Gasteiger partial charge is 0.353 e. The number of thiocarbonyl (C=S) groups is 1. The minimum absolute atomic E-state index is 0.274. The van der Waals surface area contributed by atoms with Crippen LogP contribution in [-0.4, -0.2) is 16.9 Å². The molecular weight excluding hydrogens is 296 g/mol. The van der Waals surface area contributed by atoms with Gasteiger partial charge in [-0.2, -0.15) is 0 Å². The van der Waals surface area contributed by atoms with Gasteiger partial charge in [-0.05, 0) is 48.3 Å². The standard InChI is InChI=1S/C18H22O3S/c1-4-14-5-7-15(8-6-14)21-18(19)17-10-9-16(20-17)11-12(2)13(3)22/h4-5,7-9,12,14,17H,1,6,10-11H2,2-3H3/t12?,14?,17-/m0/s1. The fraction of sp³-hybridized carbons (Fsp3) is 0.444. The fourth-order valence-corrected chi connectivity index (χ4v) is 2.37. The molecule has 118 valence electrons. The molecule has 0 bridgehead atoms. The fourth-order valence-electron chi connectivity index (χ4n) is 2.29. The van der Waals surface area contributed by atoms with Crippen LogP contribution in [0, 0.1) is 11.8 Å². The van der Waals surface area contributed by atoms with Crippen LogP contribution in [-0.2, 0) is 14.3 Å². The zero-order valence-corrected chi connectivity index (χ0v) is 13.9. The molecule has 3 nitrogen and oxygen atoms in total. The monoisotopic (exact) mass is 318 g/mol. The summed E-state index contributed by atoms with van der Waals surface area (Å²) in [7, 11) is 0. The Bertz CT molecular complexity index is 557. The van der Waals surface area contributed by atoms with E-state index in [0.717, 1.165) is 23.5 Å². The first-order valence-electron chi connectivity index (χ1n) is 7.58. The topological polar surface area (TPSA) is 35.5 Å². The van der Waals surface area contributed by atoms with Crippen molar-refractivity contribution in [3.63, 3.8) is 0 Å². The summed E-state index contributed by atoms with van der Waals surface area (Å²) in [5.74, 6) is 1.67. The van der Waals surface area contributed by atoms with Crippen molar-refractivity contribution in [3.05, 3.63) is 48.5 Å². The summed E-state index contributed by atoms with van der Waals surface area (Å²) in [6, 6.07) is 0. The van der Waals surface area contributed by atoms with Gasteiger partial charge in [0, 0.05) is 12.8 Å². The van der Waals surface area contributed by atoms with Crippen molar-refractivity contribution < 1.29 is 14.3 Å². The minimum Gasteiger partial charge on any atom is -0.483 e. The molecule has 0 aromatic rings. The van der Waals surface area contributed by atoms with E-state index in [1.165, 1.54) is 0 Å². The van der Waals surface area contributed by atoms with E-state index in [-0.39, 0.29) is 11.9 Å². The molecule has 0 radical (unpaired) electrons. The third-order valence-corrected chi connectivity index (χ3v) is 4.34. The van der Waals surface area contributed by atoms with E-state index in [1.807, 2.05) is 37.3 Å². The van der Waals surface area contributed by atoms with Crippen molar-refractivity contribution in [2.24, 2.45) is 11.8 Å². The minimum atomic E-state index is -0.543. The number of allylic oxidation sites excluding steroid dienone is 5. The van der Waals surface area contributed by atoms with Gasteiger partial charge in [-0.25, -0.2) is 4.79 Å². The lowest BCUT2D eigenvalue weighted by molar-refractivity contribution is -0.148. The second-order valence-electron chi connectivity index (χ2n) is 5.75. The first kappa shape index (κ1) is 16.7. The zero-order chi connectivity index (χ0) is 16.1. The summed E-state index contributed by atoms with van der Waals surface area (Å²) < 4.78 is 11.1. The number of hydrogen-bond acceptors (Lipinski definition) is 4. The second kappa shape index (κ2) is 7.54. The summed E-state index contributed by atoms with van der Waals surface area (Å²) >= 11 is 5.17. The molecule has 0 aromatic carbocycles. The highest BCUT2D eigenvalue weighted by molar-refractivity contribution is 7.80. The Morgan fingerprint density at radius 1 is 1.55 bits per heavy atom. The summed E-state index contributed by atoms with van der Waals surface area (Å²) in [6.45, 7) is 7.74. The Morgan fingerprint density at radius 3 is 2.91 bits per heavy atom. The molecule has 1 heterocycles. The second-order valence-corrected chi connectivity index (χ2v) is 6.39. The van der Waals surface area contributed by atoms with Crippen LogP contribution in [0.25, 0.3) is 0 Å². The molecule has 4 heteroatoms. The summed E-state index contributed by atoms with van der Waals surface area (Å²) in [5.41, 5.74) is 0. The van der Waals surface area contributed by atoms with Gasteiger partial charge in [0.25, 0.3) is 0 Å². The molecule has 2 unspecified atom stereocenters. The Morgan fingerprint density at radius 2 is 2.32 bits per heavy atom. The van der Waals surface area contributed by atoms with Crippen LogP contribution in [0.2, 0.25) is 0 Å². The van der Waals surface area contributed by atoms with E-state index in [1.54, 1.807) is 0 Å². The normalized spacial score (nSPS) is 24.8. The number of ether oxygens (including phenoxy) is 2. The van der Waals surface area contributed by atoms with Crippen molar-refractivity contribution in [2.75, 3.05) is 0 Å². The molecule has 3 atom stereocenters. The molecule has 1 aliphatic heterocycles. The highest BCUT2D eigenvalue weighted by Crippen LogP contribution is 2.26. The SMILES string of the molecule is C=CC1C=CC(OC(=O)[C@@H]2CC=C(CC(C)C(C)=S)O2)=CC1. The molecule has 0 saturated carbocycles. The number of esters is 1. The highest BCUT2D eigenvalue weighted by atomic mass is 32.1. The molecule has 0 saturated heterocycles. The molecule has 0 spiro atoms. The molecule has 0 N–H and O–H groups in total. The molecule has 0 aromatic heterocycles. The summed E-state index contributed by atoms with van der Waals surface area (Å²) in [4.78, 5) is 13.1. The number of hydrogen-bond donors (Lipinski definition) is 0. The van der Waals surface area contributed by atoms with Crippen molar-refractivity contribution in [1.82, 2.24) is 0 Å². The predicted octanol–water partition coefficient (Wildman–Crippen LogP) is 4.26. The van der Waals surface area contributed by atoms with E-state index in [4.69, 9.17) is 21.7 Å². The van der Waals surface area contributed by atoms with Crippen LogP contribution in [0.3, 0.4) is 0 Å². The Balaban J connectivity index is 1.81. The average molecular weight is 318 g/mol. The van der Waals surface area contributed by atoms with Gasteiger partial charge in [0.05, 0.1) is 5.76 Å². The zero-order valence-electron chi connectivity index (χ0n) is 13.1. The largest absolute Gasteiger partial charge is 0.483 e. The third kappa shape index (κ3) is 4.41. The van der Waals surface area contributed by atoms with Gasteiger partial charge in [-0.3, -0.25) is 0 Å². The van der Waals surface area contributed by atoms with Gasteiger partial charge in [-0.15, -0.1) is 6.58 Å². The molecule has 0 amide bonds. The van der Waals surface area contributed by atoms with Crippen LogP contribution < -0.4 is 0 Å². The van der Waals surface area contributed by atoms with E-state index in [9.17, 15) is 4.79 Å². The highest BCUT2D eigenvalue weighted by Gasteiger charge is 2.28. The lowest BCUT2D eigenvalue weighted by atomic mass is 10.0. The van der Waals surface area contributed by atoms with Crippen LogP contribution in [0.5, 0.6) is 0 Å². The van der Waals surface area contributed by atoms with Gasteiger partial charge >= 0.3 is 5.97 Å². The van der Waals surface area contributed by atoms with Gasteiger partial charge in [0.15, 0.2) is 6.10 Å². The number of carbonyl (C=O) groups excluding carboxylic acids is 1. The Hall–Kier alpha value is -1.68. The maximum atomic E-state index is 12.1. The average Bonchev–Trinajstić information content (AvgIpc) is 2.96. The van der Waals surface area contributed by atoms with E-state index in [0.29, 0.717) is 18.1 Å². The van der Waals surface area contributed by atoms with Crippen molar-refractivity contribution in [3.8, 4) is 0 Å². The maximum Gasteiger partial charge on any atom is 0.353 e. The van der Waals surface area contributed by atoms with Crippen molar-refractivity contribution in [2.45, 2.75) is 39.2 Å². The van der Waals surface area contributed by atoms with E-state index >= 15 is 0 Å². The molecule has 2 aliphatic rings. The quantitative estimate of drug-likeness (QED) is 0.416. The van der Waals surface area contributed by atoms with E-state index < -0.39 is 6.10 Å². The van der Waals surface area contributed by atoms with Gasteiger partial charge in [0.1, 0.15) is 5.76 Å². The molecule has 1 aliphatic carbocycles. The lowest BCUT2D eigenvalue weighted by Gasteiger charge is -2.17. The van der Waals surface area contributed by atoms with Crippen LogP contribution in [0.4, 0.5) is 0 Å². The first-order chi connectivity index (χ1) is 10.5. The Labute approximate surface area is 137 Å². The van der Waals surface area contributed by atoms with Crippen LogP contribution >= 0.6 is 12.2 Å². The first-order valence-corrected chi connectivity index (χ1v) is 7.99. The summed E-state index contributed by atoms with van der Waals surface area (Å²) in [5, 5.41) is 0. The van der Waals surface area contributed by atoms with Gasteiger partial charge in [0.2, 0.25) is 0 Å². The van der Waals surface area contributed by atoms with Crippen molar-refractivity contribution in [1.29, 1.82) is 0 Å². The van der Waals surface area contributed by atoms with E-state index in [2.05, 4.69) is 13.5 Å². The van der Waals surface area contributed by atoms with Crippen LogP contribution in [0.15, 0.2) is 48.5 Å². The van der Waals surface area contributed by atoms with Crippen molar-refractivity contribution >= 4 is 23.1 Å². The molecule has 0 fully saturated rings. The number of rotatable bonds is 6. The lowest BCUT2D eigenvalue weighted by Crippen LogP contribution is -2.23. The van der Waals surface area contributed by atoms with Gasteiger partial charge < -0.3 is 9.47 Å². The molecule has 2 rings (SSSR count). The molecule has 22 heavy (non-hydrogen) atoms. The maximum absolute atomic E-state index is 12.1. The van der Waals surface area contributed by atoms with Crippen LogP contribution in [0.1, 0.15) is 33.1 Å². The Kier molecular flexibility index (Phi) is 5.72.